The van der Waals surface area contributed by atoms with Crippen LogP contribution in [-0.2, 0) is 28.5 Å². The van der Waals surface area contributed by atoms with Crippen LogP contribution < -0.4 is 11.1 Å². The monoisotopic (exact) mass is 804 g/mol. The summed E-state index contributed by atoms with van der Waals surface area (Å²) in [5, 5.41) is 12.2. The first kappa shape index (κ1) is 55.2. The molecule has 2 aliphatic heterocycles. The molecule has 2 heterocycles. The zero-order valence-corrected chi connectivity index (χ0v) is 35.7. The summed E-state index contributed by atoms with van der Waals surface area (Å²) in [7, 11) is 10.7. The number of hydrogen-bond acceptors (Lipinski definition) is 11. The number of carbonyl (C=O) groups is 4. The molecule has 17 heteroatoms. The summed E-state index contributed by atoms with van der Waals surface area (Å²) < 4.78 is 21.8. The van der Waals surface area contributed by atoms with E-state index in [1.54, 1.807) is 23.8 Å². The molecule has 0 aromatic rings. The Kier molecular flexibility index (Phi) is 28.6. The summed E-state index contributed by atoms with van der Waals surface area (Å²) in [6, 6.07) is -0.397. The Morgan fingerprint density at radius 1 is 0.792 bits per heavy atom. The number of carbonyl (C=O) groups excluding carboxylic acids is 3. The van der Waals surface area contributed by atoms with Gasteiger partial charge in [0.25, 0.3) is 0 Å². The Balaban J connectivity index is -0.000000778. The largest absolute Gasteiger partial charge is 0.481 e. The first-order valence-electron chi connectivity index (χ1n) is 17.6. The van der Waals surface area contributed by atoms with Crippen molar-refractivity contribution in [3.8, 4) is 0 Å². The summed E-state index contributed by atoms with van der Waals surface area (Å²) >= 11 is 9.53. The Morgan fingerprint density at radius 3 is 1.40 bits per heavy atom. The van der Waals surface area contributed by atoms with Gasteiger partial charge in [-0.05, 0) is 102 Å². The van der Waals surface area contributed by atoms with Crippen molar-refractivity contribution < 1.29 is 43.2 Å². The zero-order valence-electron chi connectivity index (χ0n) is 34.2. The quantitative estimate of drug-likeness (QED) is 0.181. The first-order chi connectivity index (χ1) is 23.9. The fourth-order valence-corrected chi connectivity index (χ4v) is 5.44. The van der Waals surface area contributed by atoms with Gasteiger partial charge < -0.3 is 44.9 Å². The van der Waals surface area contributed by atoms with Gasteiger partial charge in [-0.2, -0.15) is 0 Å². The minimum Gasteiger partial charge on any atom is -0.481 e. The van der Waals surface area contributed by atoms with E-state index in [1.807, 2.05) is 86.5 Å². The highest BCUT2D eigenvalue weighted by atomic mass is 35.5. The molecule has 0 aliphatic carbocycles. The lowest BCUT2D eigenvalue weighted by Crippen LogP contribution is -2.51. The minimum atomic E-state index is -0.923. The van der Waals surface area contributed by atoms with Gasteiger partial charge in [0.2, 0.25) is 5.91 Å². The number of hydrogen-bond donors (Lipinski definition) is 3. The van der Waals surface area contributed by atoms with Gasteiger partial charge in [-0.15, -0.1) is 23.2 Å². The van der Waals surface area contributed by atoms with E-state index < -0.39 is 35.3 Å². The molecular formula is C36H74Cl2N6O9. The fourth-order valence-electron chi connectivity index (χ4n) is 5.44. The number of nitrogens with two attached hydrogens (primary N) is 1. The van der Waals surface area contributed by atoms with Crippen LogP contribution in [0.25, 0.3) is 0 Å². The van der Waals surface area contributed by atoms with Crippen molar-refractivity contribution in [2.24, 2.45) is 17.6 Å². The zero-order chi connectivity index (χ0) is 41.0. The standard InChI is InChI=1S/C17H33N3O4.C14H25NO5.C3H10N2.CH2Cl2.CH4/c1-12(15(21)18-11-19(5)6)14(23-7)13-9-8-10-20(13)16(22)24-17(2,3)4;1-9(12(16)17)11(19-5)10-7-6-8-15(10)13(18)20-14(2,3)4;1-5(2)3-4;2-1-3;/h12-14H,8-11H2,1-7H3,(H,18,21);9-11H,6-8H2,1-5H3,(H,16,17);3-4H2,1-2H3;1H2;1H4/t12-,13+,14-;9-,10+,11-;;;/m11.../s1. The van der Waals surface area contributed by atoms with Crippen LogP contribution in [0, 0.1) is 11.8 Å². The Bertz CT molecular complexity index is 1040. The molecule has 2 rings (SSSR count). The van der Waals surface area contributed by atoms with Crippen molar-refractivity contribution in [1.82, 2.24) is 24.9 Å². The number of likely N-dealkylation sites (tertiary alicyclic amines) is 2. The number of nitrogens with zero attached hydrogens (tertiary/aromatic N) is 4. The van der Waals surface area contributed by atoms with Crippen LogP contribution in [0.3, 0.4) is 0 Å². The van der Waals surface area contributed by atoms with E-state index >= 15 is 0 Å². The predicted molar refractivity (Wildman–Crippen MR) is 212 cm³/mol. The molecule has 2 aliphatic rings. The second kappa shape index (κ2) is 27.4. The molecular weight excluding hydrogens is 731 g/mol. The first-order valence-corrected chi connectivity index (χ1v) is 18.7. The van der Waals surface area contributed by atoms with Crippen molar-refractivity contribution >= 4 is 47.3 Å². The number of aliphatic carboxylic acids is 1. The molecule has 4 N–H and O–H groups in total. The van der Waals surface area contributed by atoms with E-state index in [4.69, 9.17) is 53.0 Å². The normalized spacial score (nSPS) is 19.2. The second-order valence-electron chi connectivity index (χ2n) is 15.2. The van der Waals surface area contributed by atoms with E-state index in [2.05, 4.69) is 5.32 Å². The van der Waals surface area contributed by atoms with Crippen LogP contribution >= 0.6 is 23.2 Å². The summed E-state index contributed by atoms with van der Waals surface area (Å²) in [6.07, 6.45) is 1.63. The maximum Gasteiger partial charge on any atom is 0.410 e. The molecule has 53 heavy (non-hydrogen) atoms. The van der Waals surface area contributed by atoms with Crippen LogP contribution in [0.1, 0.15) is 88.5 Å². The van der Waals surface area contributed by atoms with Gasteiger partial charge in [-0.3, -0.25) is 19.4 Å². The number of methoxy groups -OCH3 is 2. The average molecular weight is 806 g/mol. The van der Waals surface area contributed by atoms with Crippen molar-refractivity contribution in [3.63, 3.8) is 0 Å². The molecule has 0 unspecified atom stereocenters. The van der Waals surface area contributed by atoms with Crippen LogP contribution in [0.15, 0.2) is 0 Å². The molecule has 316 valence electrons. The lowest BCUT2D eigenvalue weighted by molar-refractivity contribution is -0.147. The maximum absolute atomic E-state index is 12.4. The summed E-state index contributed by atoms with van der Waals surface area (Å²) in [4.78, 5) is 55.2. The van der Waals surface area contributed by atoms with E-state index in [-0.39, 0.29) is 48.9 Å². The molecule has 15 nitrogen and oxygen atoms in total. The molecule has 0 radical (unpaired) electrons. The topological polar surface area (TPSA) is 176 Å². The number of carboxylic acid groups (broad SMARTS) is 1. The van der Waals surface area contributed by atoms with Crippen LogP contribution in [-0.4, -0.2) is 158 Å². The smallest absolute Gasteiger partial charge is 0.410 e. The van der Waals surface area contributed by atoms with Gasteiger partial charge in [0, 0.05) is 34.0 Å². The minimum absolute atomic E-state index is 0. The highest BCUT2D eigenvalue weighted by molar-refractivity contribution is 6.40. The number of halogens is 2. The van der Waals surface area contributed by atoms with Gasteiger partial charge in [-0.25, -0.2) is 9.59 Å². The number of amides is 3. The Hall–Kier alpha value is -2.14. The van der Waals surface area contributed by atoms with Crippen LogP contribution in [0.5, 0.6) is 0 Å². The lowest BCUT2D eigenvalue weighted by atomic mass is 9.95. The molecule has 2 saturated heterocycles. The van der Waals surface area contributed by atoms with E-state index in [0.29, 0.717) is 26.4 Å². The van der Waals surface area contributed by atoms with Gasteiger partial charge in [0.1, 0.15) is 11.2 Å². The van der Waals surface area contributed by atoms with Crippen LogP contribution in [0.4, 0.5) is 9.59 Å². The van der Waals surface area contributed by atoms with E-state index in [0.717, 1.165) is 25.7 Å². The summed E-state index contributed by atoms with van der Waals surface area (Å²) in [5.74, 6) is -2.03. The Morgan fingerprint density at radius 2 is 1.13 bits per heavy atom. The third-order valence-corrected chi connectivity index (χ3v) is 7.88. The Labute approximate surface area is 330 Å². The second-order valence-corrected chi connectivity index (χ2v) is 16.0. The molecule has 3 amide bonds. The SMILES string of the molecule is C.CN(C)CN.CO[C@H]([C@@H](C)C(=O)NCN(C)C)[C@@H]1CCCN1C(=O)OC(C)(C)C.CO[C@H]([C@@H](C)C(=O)O)[C@@H]1CCCN1C(=O)OC(C)(C)C.ClCCl. The molecule has 0 aromatic carbocycles. The van der Waals surface area contributed by atoms with E-state index in [1.165, 1.54) is 7.11 Å². The van der Waals surface area contributed by atoms with Crippen molar-refractivity contribution in [3.05, 3.63) is 0 Å². The molecule has 0 aromatic heterocycles. The summed E-state index contributed by atoms with van der Waals surface area (Å²) in [6.45, 7) is 16.7. The van der Waals surface area contributed by atoms with Crippen LogP contribution in [0.2, 0.25) is 0 Å². The number of alkyl halides is 2. The fraction of sp³-hybridized carbons (Fsp3) is 0.889. The summed E-state index contributed by atoms with van der Waals surface area (Å²) in [5.41, 5.74) is 3.99. The third kappa shape index (κ3) is 22.7. The predicted octanol–water partition coefficient (Wildman–Crippen LogP) is 5.32. The van der Waals surface area contributed by atoms with E-state index in [9.17, 15) is 19.2 Å². The molecule has 0 saturated carbocycles. The van der Waals surface area contributed by atoms with Crippen molar-refractivity contribution in [2.75, 3.05) is 74.2 Å². The number of carboxylic acids is 1. The number of ether oxygens (including phenoxy) is 4. The molecule has 0 bridgehead atoms. The lowest BCUT2D eigenvalue weighted by Gasteiger charge is -2.34. The van der Waals surface area contributed by atoms with Gasteiger partial charge in [0.15, 0.2) is 0 Å². The highest BCUT2D eigenvalue weighted by Crippen LogP contribution is 2.29. The molecule has 0 spiro atoms. The van der Waals surface area contributed by atoms with Gasteiger partial charge in [0.05, 0.1) is 48.1 Å². The average Bonchev–Trinajstić information content (AvgIpc) is 3.71. The number of nitrogens with one attached hydrogen (secondary N) is 1. The van der Waals surface area contributed by atoms with Gasteiger partial charge >= 0.3 is 18.2 Å². The molecule has 6 atom stereocenters. The maximum atomic E-state index is 12.4. The number of rotatable bonds is 11. The van der Waals surface area contributed by atoms with Crippen molar-refractivity contribution in [2.45, 2.75) is 124 Å². The van der Waals surface area contributed by atoms with Gasteiger partial charge in [-0.1, -0.05) is 14.4 Å². The van der Waals surface area contributed by atoms with Crippen molar-refractivity contribution in [1.29, 1.82) is 0 Å². The third-order valence-electron chi connectivity index (χ3n) is 7.88. The molecule has 2 fully saturated rings. The highest BCUT2D eigenvalue weighted by Gasteiger charge is 2.42.